The normalized spacial score (nSPS) is 11.9. The van der Waals surface area contributed by atoms with Crippen LogP contribution in [0.25, 0.3) is 0 Å². The van der Waals surface area contributed by atoms with E-state index in [1.165, 1.54) is 23.5 Å². The number of hydrogen-bond donors (Lipinski definition) is 3. The molecule has 1 heterocycles. The summed E-state index contributed by atoms with van der Waals surface area (Å²) < 4.78 is 12.7. The van der Waals surface area contributed by atoms with E-state index in [0.717, 1.165) is 10.4 Å². The molecule has 0 fully saturated rings. The molecule has 2 rings (SSSR count). The highest BCUT2D eigenvalue weighted by Crippen LogP contribution is 2.17. The molecule has 0 aliphatic rings. The van der Waals surface area contributed by atoms with Crippen LogP contribution in [0.15, 0.2) is 41.8 Å². The van der Waals surface area contributed by atoms with E-state index < -0.39 is 6.10 Å². The molecule has 2 amide bonds. The van der Waals surface area contributed by atoms with Gasteiger partial charge in [-0.3, -0.25) is 0 Å². The number of amides is 2. The Morgan fingerprint density at radius 1 is 1.25 bits per heavy atom. The number of urea groups is 1. The Kier molecular flexibility index (Phi) is 5.09. The largest absolute Gasteiger partial charge is 0.386 e. The minimum atomic E-state index is -0.702. The number of rotatable bonds is 5. The number of halogens is 1. The minimum absolute atomic E-state index is 0.149. The second-order valence-electron chi connectivity index (χ2n) is 4.22. The lowest BCUT2D eigenvalue weighted by Gasteiger charge is -2.11. The van der Waals surface area contributed by atoms with Gasteiger partial charge in [-0.15, -0.1) is 11.3 Å². The Morgan fingerprint density at radius 3 is 2.65 bits per heavy atom. The number of aliphatic hydroxyl groups is 1. The molecule has 0 radical (unpaired) electrons. The number of thiophene rings is 1. The van der Waals surface area contributed by atoms with Crippen molar-refractivity contribution >= 4 is 17.4 Å². The van der Waals surface area contributed by atoms with Crippen molar-refractivity contribution in [3.8, 4) is 0 Å². The van der Waals surface area contributed by atoms with Crippen molar-refractivity contribution in [2.45, 2.75) is 12.6 Å². The van der Waals surface area contributed by atoms with E-state index in [0.29, 0.717) is 6.54 Å². The summed E-state index contributed by atoms with van der Waals surface area (Å²) in [5.74, 6) is -0.308. The van der Waals surface area contributed by atoms with Gasteiger partial charge >= 0.3 is 6.03 Å². The topological polar surface area (TPSA) is 61.4 Å². The van der Waals surface area contributed by atoms with Crippen molar-refractivity contribution in [3.63, 3.8) is 0 Å². The Labute approximate surface area is 120 Å². The van der Waals surface area contributed by atoms with Crippen molar-refractivity contribution in [3.05, 3.63) is 58.0 Å². The number of carbonyl (C=O) groups excluding carboxylic acids is 1. The van der Waals surface area contributed by atoms with E-state index in [4.69, 9.17) is 0 Å². The zero-order chi connectivity index (χ0) is 14.4. The number of carbonyl (C=O) groups is 1. The molecule has 1 aromatic heterocycles. The Bertz CT molecular complexity index is 543. The van der Waals surface area contributed by atoms with Gasteiger partial charge in [-0.2, -0.15) is 0 Å². The van der Waals surface area contributed by atoms with E-state index in [9.17, 15) is 14.3 Å². The Hall–Kier alpha value is -1.92. The lowest BCUT2D eigenvalue weighted by molar-refractivity contribution is 0.176. The first-order valence-electron chi connectivity index (χ1n) is 6.13. The molecule has 0 aliphatic heterocycles. The monoisotopic (exact) mass is 294 g/mol. The fraction of sp³-hybridized carbons (Fsp3) is 0.214. The van der Waals surface area contributed by atoms with Crippen molar-refractivity contribution in [1.82, 2.24) is 10.6 Å². The third kappa shape index (κ3) is 4.32. The molecular weight excluding hydrogens is 279 g/mol. The summed E-state index contributed by atoms with van der Waals surface area (Å²) >= 11 is 1.44. The summed E-state index contributed by atoms with van der Waals surface area (Å²) in [6.07, 6.45) is -0.702. The van der Waals surface area contributed by atoms with Gasteiger partial charge in [0.05, 0.1) is 6.54 Å². The second-order valence-corrected chi connectivity index (χ2v) is 5.20. The molecule has 1 aromatic carbocycles. The molecule has 0 saturated heterocycles. The molecule has 20 heavy (non-hydrogen) atoms. The standard InChI is InChI=1S/C14H15FN2O2S/c15-11-5-3-10(4-6-11)8-16-14(19)17-9-12(18)13-2-1-7-20-13/h1-7,12,18H,8-9H2,(H2,16,17,19)/t12-/m1/s1. The summed E-state index contributed by atoms with van der Waals surface area (Å²) in [4.78, 5) is 12.4. The van der Waals surface area contributed by atoms with E-state index in [1.54, 1.807) is 12.1 Å². The SMILES string of the molecule is O=C(NCc1ccc(F)cc1)NC[C@@H](O)c1cccs1. The van der Waals surface area contributed by atoms with Crippen molar-refractivity contribution in [2.24, 2.45) is 0 Å². The highest BCUT2D eigenvalue weighted by molar-refractivity contribution is 7.10. The van der Waals surface area contributed by atoms with Crippen LogP contribution in [0.3, 0.4) is 0 Å². The molecule has 0 spiro atoms. The molecular formula is C14H15FN2O2S. The van der Waals surface area contributed by atoms with Gasteiger partial charge in [-0.25, -0.2) is 9.18 Å². The summed E-state index contributed by atoms with van der Waals surface area (Å²) in [7, 11) is 0. The Morgan fingerprint density at radius 2 is 2.00 bits per heavy atom. The van der Waals surface area contributed by atoms with Crippen molar-refractivity contribution in [1.29, 1.82) is 0 Å². The number of aliphatic hydroxyl groups excluding tert-OH is 1. The van der Waals surface area contributed by atoms with Crippen LogP contribution in [-0.4, -0.2) is 17.7 Å². The van der Waals surface area contributed by atoms with Crippen LogP contribution in [0.2, 0.25) is 0 Å². The van der Waals surface area contributed by atoms with E-state index in [1.807, 2.05) is 17.5 Å². The molecule has 6 heteroatoms. The van der Waals surface area contributed by atoms with Crippen LogP contribution in [0.5, 0.6) is 0 Å². The molecule has 4 nitrogen and oxygen atoms in total. The first kappa shape index (κ1) is 14.5. The van der Waals surface area contributed by atoms with E-state index >= 15 is 0 Å². The molecule has 3 N–H and O–H groups in total. The van der Waals surface area contributed by atoms with Gasteiger partial charge in [0.2, 0.25) is 0 Å². The van der Waals surface area contributed by atoms with Crippen LogP contribution in [0, 0.1) is 5.82 Å². The fourth-order valence-corrected chi connectivity index (χ4v) is 2.33. The lowest BCUT2D eigenvalue weighted by Crippen LogP contribution is -2.37. The average Bonchev–Trinajstić information content (AvgIpc) is 2.98. The first-order valence-corrected chi connectivity index (χ1v) is 7.01. The molecule has 2 aromatic rings. The van der Waals surface area contributed by atoms with Crippen LogP contribution in [0.4, 0.5) is 9.18 Å². The lowest BCUT2D eigenvalue weighted by atomic mass is 10.2. The van der Waals surface area contributed by atoms with Crippen molar-refractivity contribution in [2.75, 3.05) is 6.54 Å². The molecule has 0 aliphatic carbocycles. The first-order chi connectivity index (χ1) is 9.65. The third-order valence-corrected chi connectivity index (χ3v) is 3.67. The summed E-state index contributed by atoms with van der Waals surface area (Å²) in [6, 6.07) is 9.19. The molecule has 106 valence electrons. The van der Waals surface area contributed by atoms with Crippen LogP contribution < -0.4 is 10.6 Å². The third-order valence-electron chi connectivity index (χ3n) is 2.69. The number of hydrogen-bond acceptors (Lipinski definition) is 3. The summed E-state index contributed by atoms with van der Waals surface area (Å²) in [5.41, 5.74) is 0.806. The van der Waals surface area contributed by atoms with Crippen LogP contribution in [-0.2, 0) is 6.54 Å². The van der Waals surface area contributed by atoms with Gasteiger partial charge in [0, 0.05) is 11.4 Å². The summed E-state index contributed by atoms with van der Waals surface area (Å²) in [6.45, 7) is 0.455. The Balaban J connectivity index is 1.71. The summed E-state index contributed by atoms with van der Waals surface area (Å²) in [5, 5.41) is 16.9. The molecule has 0 unspecified atom stereocenters. The zero-order valence-corrected chi connectivity index (χ0v) is 11.5. The average molecular weight is 294 g/mol. The van der Waals surface area contributed by atoms with Crippen molar-refractivity contribution < 1.29 is 14.3 Å². The van der Waals surface area contributed by atoms with E-state index in [-0.39, 0.29) is 18.4 Å². The van der Waals surface area contributed by atoms with Gasteiger partial charge in [0.15, 0.2) is 0 Å². The van der Waals surface area contributed by atoms with Crippen LogP contribution in [0.1, 0.15) is 16.5 Å². The maximum Gasteiger partial charge on any atom is 0.315 e. The fourth-order valence-electron chi connectivity index (χ4n) is 1.62. The van der Waals surface area contributed by atoms with E-state index in [2.05, 4.69) is 10.6 Å². The quantitative estimate of drug-likeness (QED) is 0.793. The van der Waals surface area contributed by atoms with Crippen LogP contribution >= 0.6 is 11.3 Å². The number of nitrogens with one attached hydrogen (secondary N) is 2. The zero-order valence-electron chi connectivity index (χ0n) is 10.7. The molecule has 0 bridgehead atoms. The molecule has 1 atom stereocenters. The maximum absolute atomic E-state index is 12.7. The highest BCUT2D eigenvalue weighted by atomic mass is 32.1. The smallest absolute Gasteiger partial charge is 0.315 e. The number of benzene rings is 1. The van der Waals surface area contributed by atoms with Gasteiger partial charge in [-0.1, -0.05) is 18.2 Å². The van der Waals surface area contributed by atoms with Gasteiger partial charge in [0.25, 0.3) is 0 Å². The van der Waals surface area contributed by atoms with Gasteiger partial charge < -0.3 is 15.7 Å². The highest BCUT2D eigenvalue weighted by Gasteiger charge is 2.09. The van der Waals surface area contributed by atoms with Gasteiger partial charge in [-0.05, 0) is 29.1 Å². The second kappa shape index (κ2) is 7.02. The van der Waals surface area contributed by atoms with Gasteiger partial charge in [0.1, 0.15) is 11.9 Å². The minimum Gasteiger partial charge on any atom is -0.386 e. The predicted molar refractivity (Wildman–Crippen MR) is 75.9 cm³/mol. The molecule has 0 saturated carbocycles. The predicted octanol–water partition coefficient (Wildman–Crippen LogP) is 2.42. The maximum atomic E-state index is 12.7.